The van der Waals surface area contributed by atoms with Gasteiger partial charge in [-0.1, -0.05) is 37.1 Å². The summed E-state index contributed by atoms with van der Waals surface area (Å²) in [5.41, 5.74) is 3.28. The van der Waals surface area contributed by atoms with E-state index in [1.807, 2.05) is 0 Å². The van der Waals surface area contributed by atoms with Crippen LogP contribution in [0.15, 0.2) is 23.3 Å². The van der Waals surface area contributed by atoms with Gasteiger partial charge in [-0.25, -0.2) is 0 Å². The van der Waals surface area contributed by atoms with Gasteiger partial charge in [-0.2, -0.15) is 0 Å². The molecular weight excluding hydrogens is 120 g/mol. The molecule has 1 aliphatic carbocycles. The molecule has 0 heteroatoms. The SMILES string of the molecule is CC1=CCC(C)(C)C=C1C. The van der Waals surface area contributed by atoms with Crippen LogP contribution in [0.4, 0.5) is 0 Å². The van der Waals surface area contributed by atoms with Crippen LogP contribution in [0.2, 0.25) is 0 Å². The molecule has 0 aromatic carbocycles. The van der Waals surface area contributed by atoms with Crippen molar-refractivity contribution in [1.82, 2.24) is 0 Å². The second kappa shape index (κ2) is 2.26. The van der Waals surface area contributed by atoms with E-state index in [4.69, 9.17) is 0 Å². The lowest BCUT2D eigenvalue weighted by Crippen LogP contribution is -2.10. The molecule has 0 unspecified atom stereocenters. The molecular formula is C10H16. The molecule has 0 N–H and O–H groups in total. The molecule has 1 aliphatic rings. The first kappa shape index (κ1) is 7.59. The molecule has 56 valence electrons. The first-order valence-corrected chi connectivity index (χ1v) is 3.88. The van der Waals surface area contributed by atoms with Crippen molar-refractivity contribution in [2.24, 2.45) is 5.41 Å². The van der Waals surface area contributed by atoms with Crippen LogP contribution in [-0.4, -0.2) is 0 Å². The predicted molar refractivity (Wildman–Crippen MR) is 45.9 cm³/mol. The van der Waals surface area contributed by atoms with E-state index < -0.39 is 0 Å². The molecule has 0 bridgehead atoms. The summed E-state index contributed by atoms with van der Waals surface area (Å²) in [5, 5.41) is 0. The maximum absolute atomic E-state index is 2.36. The van der Waals surface area contributed by atoms with Crippen molar-refractivity contribution in [3.63, 3.8) is 0 Å². The largest absolute Gasteiger partial charge is 0.0805 e. The van der Waals surface area contributed by atoms with Gasteiger partial charge >= 0.3 is 0 Å². The van der Waals surface area contributed by atoms with Gasteiger partial charge in [-0.3, -0.25) is 0 Å². The summed E-state index contributed by atoms with van der Waals surface area (Å²) in [6.07, 6.45) is 5.88. The molecule has 0 heterocycles. The molecule has 0 radical (unpaired) electrons. The van der Waals surface area contributed by atoms with Crippen LogP contribution in [0.3, 0.4) is 0 Å². The second-order valence-electron chi connectivity index (χ2n) is 3.91. The summed E-state index contributed by atoms with van der Waals surface area (Å²) in [5.74, 6) is 0. The number of hydrogen-bond donors (Lipinski definition) is 0. The van der Waals surface area contributed by atoms with Gasteiger partial charge in [0.25, 0.3) is 0 Å². The molecule has 0 aromatic heterocycles. The van der Waals surface area contributed by atoms with Gasteiger partial charge in [-0.05, 0) is 25.7 Å². The van der Waals surface area contributed by atoms with E-state index in [-0.39, 0.29) is 0 Å². The van der Waals surface area contributed by atoms with Crippen molar-refractivity contribution >= 4 is 0 Å². The first-order chi connectivity index (χ1) is 4.51. The van der Waals surface area contributed by atoms with Crippen LogP contribution < -0.4 is 0 Å². The van der Waals surface area contributed by atoms with Crippen LogP contribution in [0, 0.1) is 5.41 Å². The second-order valence-corrected chi connectivity index (χ2v) is 3.91. The molecule has 0 spiro atoms. The summed E-state index contributed by atoms with van der Waals surface area (Å²) >= 11 is 0. The van der Waals surface area contributed by atoms with Gasteiger partial charge in [0.2, 0.25) is 0 Å². The van der Waals surface area contributed by atoms with Crippen molar-refractivity contribution in [2.45, 2.75) is 34.1 Å². The number of allylic oxidation sites excluding steroid dienone is 4. The highest BCUT2D eigenvalue weighted by Gasteiger charge is 2.16. The first-order valence-electron chi connectivity index (χ1n) is 3.88. The molecule has 0 atom stereocenters. The lowest BCUT2D eigenvalue weighted by atomic mass is 9.81. The van der Waals surface area contributed by atoms with E-state index in [1.54, 1.807) is 0 Å². The molecule has 0 fully saturated rings. The van der Waals surface area contributed by atoms with Crippen molar-refractivity contribution in [1.29, 1.82) is 0 Å². The average Bonchev–Trinajstić information content (AvgIpc) is 1.79. The fourth-order valence-corrected chi connectivity index (χ4v) is 1.34. The Labute approximate surface area is 63.6 Å². The maximum Gasteiger partial charge on any atom is -0.0134 e. The van der Waals surface area contributed by atoms with Gasteiger partial charge in [-0.15, -0.1) is 0 Å². The normalized spacial score (nSPS) is 23.6. The quantitative estimate of drug-likeness (QED) is 0.479. The summed E-state index contributed by atoms with van der Waals surface area (Å²) < 4.78 is 0. The third-order valence-corrected chi connectivity index (χ3v) is 2.16. The molecule has 1 rings (SSSR count). The van der Waals surface area contributed by atoms with Crippen LogP contribution in [-0.2, 0) is 0 Å². The van der Waals surface area contributed by atoms with Gasteiger partial charge in [0.05, 0.1) is 0 Å². The van der Waals surface area contributed by atoms with E-state index >= 15 is 0 Å². The highest BCUT2D eigenvalue weighted by molar-refractivity contribution is 5.32. The maximum atomic E-state index is 2.36. The summed E-state index contributed by atoms with van der Waals surface area (Å²) in [6.45, 7) is 8.92. The zero-order valence-corrected chi connectivity index (χ0v) is 7.36. The summed E-state index contributed by atoms with van der Waals surface area (Å²) in [4.78, 5) is 0. The van der Waals surface area contributed by atoms with E-state index in [1.165, 1.54) is 17.6 Å². The van der Waals surface area contributed by atoms with Crippen molar-refractivity contribution in [3.8, 4) is 0 Å². The van der Waals surface area contributed by atoms with Crippen LogP contribution >= 0.6 is 0 Å². The van der Waals surface area contributed by atoms with E-state index in [0.29, 0.717) is 5.41 Å². The monoisotopic (exact) mass is 136 g/mol. The molecule has 0 saturated carbocycles. The van der Waals surface area contributed by atoms with Gasteiger partial charge in [0.15, 0.2) is 0 Å². The smallest absolute Gasteiger partial charge is 0.0134 e. The fourth-order valence-electron chi connectivity index (χ4n) is 1.34. The highest BCUT2D eigenvalue weighted by Crippen LogP contribution is 2.31. The molecule has 0 aromatic rings. The summed E-state index contributed by atoms with van der Waals surface area (Å²) in [6, 6.07) is 0. The lowest BCUT2D eigenvalue weighted by molar-refractivity contribution is 0.478. The van der Waals surface area contributed by atoms with Crippen LogP contribution in [0.5, 0.6) is 0 Å². The highest BCUT2D eigenvalue weighted by atomic mass is 14.2. The summed E-state index contributed by atoms with van der Waals surface area (Å²) in [7, 11) is 0. The van der Waals surface area contributed by atoms with E-state index in [2.05, 4.69) is 39.8 Å². The van der Waals surface area contributed by atoms with Gasteiger partial charge in [0, 0.05) is 0 Å². The van der Waals surface area contributed by atoms with Gasteiger partial charge < -0.3 is 0 Å². The minimum absolute atomic E-state index is 0.392. The van der Waals surface area contributed by atoms with E-state index in [0.717, 1.165) is 0 Å². The zero-order chi connectivity index (χ0) is 7.78. The average molecular weight is 136 g/mol. The van der Waals surface area contributed by atoms with Crippen LogP contribution in [0.1, 0.15) is 34.1 Å². The van der Waals surface area contributed by atoms with Gasteiger partial charge in [0.1, 0.15) is 0 Å². The van der Waals surface area contributed by atoms with Crippen molar-refractivity contribution < 1.29 is 0 Å². The lowest BCUT2D eigenvalue weighted by Gasteiger charge is -2.24. The van der Waals surface area contributed by atoms with E-state index in [9.17, 15) is 0 Å². The molecule has 0 nitrogen and oxygen atoms in total. The van der Waals surface area contributed by atoms with Crippen molar-refractivity contribution in [2.75, 3.05) is 0 Å². The Morgan fingerprint density at radius 1 is 1.20 bits per heavy atom. The number of rotatable bonds is 0. The van der Waals surface area contributed by atoms with Crippen LogP contribution in [0.25, 0.3) is 0 Å². The Kier molecular flexibility index (Phi) is 1.72. The Bertz CT molecular complexity index is 192. The zero-order valence-electron chi connectivity index (χ0n) is 7.36. The Morgan fingerprint density at radius 2 is 1.80 bits per heavy atom. The minimum atomic E-state index is 0.392. The third kappa shape index (κ3) is 1.50. The predicted octanol–water partition coefficient (Wildman–Crippen LogP) is 3.31. The topological polar surface area (TPSA) is 0 Å². The Morgan fingerprint density at radius 3 is 2.20 bits per heavy atom. The minimum Gasteiger partial charge on any atom is -0.0805 e. The molecule has 0 aliphatic heterocycles. The Hall–Kier alpha value is -0.520. The molecule has 0 amide bonds. The fraction of sp³-hybridized carbons (Fsp3) is 0.600. The molecule has 0 saturated heterocycles. The standard InChI is InChI=1S/C10H16/c1-8-5-6-10(3,4)7-9(8)2/h5,7H,6H2,1-4H3. The van der Waals surface area contributed by atoms with Crippen molar-refractivity contribution in [3.05, 3.63) is 23.3 Å². The third-order valence-electron chi connectivity index (χ3n) is 2.16. The Balaban J connectivity index is 2.87. The number of hydrogen-bond acceptors (Lipinski definition) is 0. The molecule has 10 heavy (non-hydrogen) atoms.